The minimum atomic E-state index is -0.174. The topological polar surface area (TPSA) is 59.2 Å². The number of nitrogens with zero attached hydrogens (tertiary/aromatic N) is 3. The number of carbonyl (C=O) groups excluding carboxylic acids is 1. The zero-order chi connectivity index (χ0) is 18.1. The van der Waals surface area contributed by atoms with Gasteiger partial charge in [-0.3, -0.25) is 4.79 Å². The van der Waals surface area contributed by atoms with E-state index in [0.29, 0.717) is 23.8 Å². The molecule has 3 aromatic rings. The van der Waals surface area contributed by atoms with Gasteiger partial charge in [0.1, 0.15) is 6.04 Å². The van der Waals surface area contributed by atoms with Gasteiger partial charge in [-0.05, 0) is 44.0 Å². The van der Waals surface area contributed by atoms with E-state index in [1.165, 1.54) is 0 Å². The van der Waals surface area contributed by atoms with Crippen LogP contribution in [0.3, 0.4) is 0 Å². The van der Waals surface area contributed by atoms with Crippen molar-refractivity contribution >= 4 is 21.8 Å². The van der Waals surface area contributed by atoms with Crippen LogP contribution in [0.4, 0.5) is 0 Å². The Kier molecular flexibility index (Phi) is 4.59. The van der Waals surface area contributed by atoms with Gasteiger partial charge in [0, 0.05) is 22.1 Å². The average Bonchev–Trinajstić information content (AvgIpc) is 3.30. The van der Waals surface area contributed by atoms with Gasteiger partial charge in [0.05, 0.1) is 0 Å². The van der Waals surface area contributed by atoms with Gasteiger partial charge in [0.15, 0.2) is 0 Å². The third kappa shape index (κ3) is 3.29. The van der Waals surface area contributed by atoms with Crippen molar-refractivity contribution in [1.82, 2.24) is 15.0 Å². The van der Waals surface area contributed by atoms with Gasteiger partial charge in [-0.25, -0.2) is 0 Å². The van der Waals surface area contributed by atoms with Crippen molar-refractivity contribution in [2.75, 3.05) is 6.54 Å². The van der Waals surface area contributed by atoms with E-state index in [1.807, 2.05) is 60.4 Å². The molecule has 1 aromatic heterocycles. The van der Waals surface area contributed by atoms with Gasteiger partial charge >= 0.3 is 0 Å². The van der Waals surface area contributed by atoms with E-state index in [2.05, 4.69) is 26.1 Å². The summed E-state index contributed by atoms with van der Waals surface area (Å²) in [5.74, 6) is 1.05. The quantitative estimate of drug-likeness (QED) is 0.621. The lowest BCUT2D eigenvalue weighted by atomic mass is 10.1. The van der Waals surface area contributed by atoms with E-state index < -0.39 is 0 Å². The summed E-state index contributed by atoms with van der Waals surface area (Å²) in [4.78, 5) is 19.3. The molecule has 0 unspecified atom stereocenters. The number of likely N-dealkylation sites (tertiary alicyclic amines) is 1. The molecule has 0 radical (unpaired) electrons. The molecule has 1 fully saturated rings. The van der Waals surface area contributed by atoms with Crippen LogP contribution in [0, 0.1) is 6.92 Å². The molecule has 2 aromatic carbocycles. The van der Waals surface area contributed by atoms with Crippen molar-refractivity contribution in [2.24, 2.45) is 0 Å². The molecular weight excluding hydrogens is 394 g/mol. The van der Waals surface area contributed by atoms with E-state index in [4.69, 9.17) is 4.52 Å². The maximum Gasteiger partial charge on any atom is 0.254 e. The highest BCUT2D eigenvalue weighted by molar-refractivity contribution is 9.10. The lowest BCUT2D eigenvalue weighted by Crippen LogP contribution is -2.30. The van der Waals surface area contributed by atoms with Crippen LogP contribution in [0.2, 0.25) is 0 Å². The molecule has 0 aliphatic carbocycles. The monoisotopic (exact) mass is 411 g/mol. The molecule has 132 valence electrons. The predicted octanol–water partition coefficient (Wildman–Crippen LogP) is 4.78. The van der Waals surface area contributed by atoms with Gasteiger partial charge in [-0.15, -0.1) is 0 Å². The Bertz CT molecular complexity index is 953. The highest BCUT2D eigenvalue weighted by Crippen LogP contribution is 2.33. The van der Waals surface area contributed by atoms with Gasteiger partial charge in [-0.2, -0.15) is 4.98 Å². The molecule has 1 atom stereocenters. The Morgan fingerprint density at radius 1 is 1.23 bits per heavy atom. The summed E-state index contributed by atoms with van der Waals surface area (Å²) in [5.41, 5.74) is 2.72. The largest absolute Gasteiger partial charge is 0.337 e. The van der Waals surface area contributed by atoms with Crippen molar-refractivity contribution < 1.29 is 9.32 Å². The summed E-state index contributed by atoms with van der Waals surface area (Å²) in [5, 5.41) is 4.12. The minimum absolute atomic E-state index is 0.0101. The molecule has 1 aliphatic rings. The number of rotatable bonds is 3. The second-order valence-corrected chi connectivity index (χ2v) is 7.41. The van der Waals surface area contributed by atoms with Crippen molar-refractivity contribution in [1.29, 1.82) is 0 Å². The Morgan fingerprint density at radius 2 is 2.08 bits per heavy atom. The van der Waals surface area contributed by atoms with Gasteiger partial charge in [0.2, 0.25) is 11.7 Å². The van der Waals surface area contributed by atoms with Crippen LogP contribution in [0.15, 0.2) is 57.5 Å². The predicted molar refractivity (Wildman–Crippen MR) is 102 cm³/mol. The fraction of sp³-hybridized carbons (Fsp3) is 0.250. The van der Waals surface area contributed by atoms with Crippen LogP contribution in [-0.4, -0.2) is 27.5 Å². The average molecular weight is 412 g/mol. The molecule has 0 bridgehead atoms. The highest BCUT2D eigenvalue weighted by atomic mass is 79.9. The summed E-state index contributed by atoms with van der Waals surface area (Å²) in [7, 11) is 0. The Morgan fingerprint density at radius 3 is 2.88 bits per heavy atom. The van der Waals surface area contributed by atoms with Gasteiger partial charge < -0.3 is 9.42 Å². The second kappa shape index (κ2) is 7.03. The van der Waals surface area contributed by atoms with Crippen LogP contribution in [0.25, 0.3) is 11.4 Å². The van der Waals surface area contributed by atoms with Crippen molar-refractivity contribution in [3.63, 3.8) is 0 Å². The Balaban J connectivity index is 1.60. The maximum atomic E-state index is 12.9. The standard InChI is InChI=1S/C20H18BrN3O2/c1-13-5-2-6-14(11-13)18-22-19(26-23-18)17-9-4-10-24(17)20(25)15-7-3-8-16(21)12-15/h2-3,5-8,11-12,17H,4,9-10H2,1H3/t17-/m0/s1. The maximum absolute atomic E-state index is 12.9. The number of amides is 1. The molecule has 6 heteroatoms. The first-order chi connectivity index (χ1) is 12.6. The Hall–Kier alpha value is -2.47. The van der Waals surface area contributed by atoms with Gasteiger partial charge in [0.25, 0.3) is 5.91 Å². The van der Waals surface area contributed by atoms with Crippen LogP contribution >= 0.6 is 15.9 Å². The van der Waals surface area contributed by atoms with Crippen LogP contribution in [0.1, 0.15) is 40.7 Å². The first kappa shape index (κ1) is 17.0. The molecule has 1 aliphatic heterocycles. The van der Waals surface area contributed by atoms with Crippen molar-refractivity contribution in [3.8, 4) is 11.4 Å². The summed E-state index contributed by atoms with van der Waals surface area (Å²) in [6, 6.07) is 15.2. The summed E-state index contributed by atoms with van der Waals surface area (Å²) < 4.78 is 6.41. The van der Waals surface area contributed by atoms with Gasteiger partial charge in [-0.1, -0.05) is 50.9 Å². The molecular formula is C20H18BrN3O2. The third-order valence-electron chi connectivity index (χ3n) is 4.59. The number of benzene rings is 2. The SMILES string of the molecule is Cc1cccc(-c2noc([C@@H]3CCCN3C(=O)c3cccc(Br)c3)n2)c1. The number of carbonyl (C=O) groups is 1. The molecule has 0 saturated carbocycles. The normalized spacial score (nSPS) is 16.8. The summed E-state index contributed by atoms with van der Waals surface area (Å²) >= 11 is 3.42. The Labute approximate surface area is 160 Å². The van der Waals surface area contributed by atoms with E-state index in [9.17, 15) is 4.79 Å². The molecule has 2 heterocycles. The smallest absolute Gasteiger partial charge is 0.254 e. The lowest BCUT2D eigenvalue weighted by Gasteiger charge is -2.22. The van der Waals surface area contributed by atoms with Crippen LogP contribution < -0.4 is 0 Å². The summed E-state index contributed by atoms with van der Waals surface area (Å²) in [6.07, 6.45) is 1.75. The van der Waals surface area contributed by atoms with E-state index in [1.54, 1.807) is 0 Å². The number of aromatic nitrogens is 2. The third-order valence-corrected chi connectivity index (χ3v) is 5.08. The number of halogens is 1. The molecule has 1 amide bonds. The second-order valence-electron chi connectivity index (χ2n) is 6.49. The fourth-order valence-electron chi connectivity index (χ4n) is 3.33. The number of aryl methyl sites for hydroxylation is 1. The first-order valence-electron chi connectivity index (χ1n) is 8.59. The van der Waals surface area contributed by atoms with Crippen LogP contribution in [-0.2, 0) is 0 Å². The molecule has 0 spiro atoms. The summed E-state index contributed by atoms with van der Waals surface area (Å²) in [6.45, 7) is 2.72. The molecule has 4 rings (SSSR count). The van der Waals surface area contributed by atoms with E-state index in [-0.39, 0.29) is 11.9 Å². The zero-order valence-corrected chi connectivity index (χ0v) is 15.9. The van der Waals surface area contributed by atoms with E-state index >= 15 is 0 Å². The van der Waals surface area contributed by atoms with Crippen molar-refractivity contribution in [3.05, 3.63) is 70.0 Å². The minimum Gasteiger partial charge on any atom is -0.337 e. The zero-order valence-electron chi connectivity index (χ0n) is 14.4. The lowest BCUT2D eigenvalue weighted by molar-refractivity contribution is 0.0710. The fourth-order valence-corrected chi connectivity index (χ4v) is 3.73. The van der Waals surface area contributed by atoms with Crippen molar-refractivity contribution in [2.45, 2.75) is 25.8 Å². The highest BCUT2D eigenvalue weighted by Gasteiger charge is 2.34. The molecule has 1 saturated heterocycles. The molecule has 5 nitrogen and oxygen atoms in total. The molecule has 0 N–H and O–H groups in total. The number of hydrogen-bond donors (Lipinski definition) is 0. The molecule has 26 heavy (non-hydrogen) atoms. The first-order valence-corrected chi connectivity index (χ1v) is 9.38. The number of hydrogen-bond acceptors (Lipinski definition) is 4. The van der Waals surface area contributed by atoms with Crippen LogP contribution in [0.5, 0.6) is 0 Å². The van der Waals surface area contributed by atoms with E-state index in [0.717, 1.165) is 28.4 Å².